The molecule has 1 aromatic heterocycles. The van der Waals surface area contributed by atoms with Crippen molar-refractivity contribution in [2.75, 3.05) is 5.32 Å². The van der Waals surface area contributed by atoms with E-state index in [2.05, 4.69) is 46.8 Å². The van der Waals surface area contributed by atoms with Crippen molar-refractivity contribution in [1.29, 1.82) is 0 Å². The minimum Gasteiger partial charge on any atom is -0.334 e. The number of rotatable bonds is 4. The average Bonchev–Trinajstić information content (AvgIpc) is 2.73. The van der Waals surface area contributed by atoms with Crippen molar-refractivity contribution >= 4 is 22.5 Å². The zero-order valence-corrected chi connectivity index (χ0v) is 16.0. The second kappa shape index (κ2) is 8.02. The molecule has 1 heterocycles. The van der Waals surface area contributed by atoms with Crippen LogP contribution in [0.3, 0.4) is 0 Å². The number of nitrogens with one attached hydrogen (secondary N) is 3. The Morgan fingerprint density at radius 3 is 2.59 bits per heavy atom. The third-order valence-electron chi connectivity index (χ3n) is 4.86. The summed E-state index contributed by atoms with van der Waals surface area (Å²) >= 11 is 0. The zero-order valence-electron chi connectivity index (χ0n) is 16.0. The second-order valence-electron chi connectivity index (χ2n) is 6.93. The molecule has 0 saturated heterocycles. The smallest absolute Gasteiger partial charge is 0.319 e. The zero-order chi connectivity index (χ0) is 20.2. The number of anilines is 1. The number of hydrogen-bond acceptors (Lipinski definition) is 2. The Morgan fingerprint density at radius 1 is 0.966 bits per heavy atom. The molecule has 5 heteroatoms. The van der Waals surface area contributed by atoms with Crippen molar-refractivity contribution in [2.45, 2.75) is 13.5 Å². The molecule has 3 aromatic carbocycles. The first kappa shape index (κ1) is 18.5. The van der Waals surface area contributed by atoms with Gasteiger partial charge in [-0.2, -0.15) is 0 Å². The lowest BCUT2D eigenvalue weighted by Crippen LogP contribution is -2.28. The Labute approximate surface area is 168 Å². The molecule has 3 N–H and O–H groups in total. The average molecular weight is 383 g/mol. The highest BCUT2D eigenvalue weighted by molar-refractivity contribution is 5.93. The van der Waals surface area contributed by atoms with Crippen molar-refractivity contribution in [3.63, 3.8) is 0 Å². The van der Waals surface area contributed by atoms with Gasteiger partial charge < -0.3 is 15.6 Å². The molecule has 0 spiro atoms. The molecule has 5 nitrogen and oxygen atoms in total. The Bertz CT molecular complexity index is 1230. The minimum absolute atomic E-state index is 0.146. The second-order valence-corrected chi connectivity index (χ2v) is 6.93. The Morgan fingerprint density at radius 2 is 1.79 bits per heavy atom. The first-order valence-electron chi connectivity index (χ1n) is 9.41. The van der Waals surface area contributed by atoms with E-state index in [-0.39, 0.29) is 11.6 Å². The lowest BCUT2D eigenvalue weighted by molar-refractivity contribution is 0.251. The van der Waals surface area contributed by atoms with Gasteiger partial charge in [-0.15, -0.1) is 0 Å². The summed E-state index contributed by atoms with van der Waals surface area (Å²) in [5, 5.41) is 7.06. The van der Waals surface area contributed by atoms with Gasteiger partial charge in [0.15, 0.2) is 0 Å². The van der Waals surface area contributed by atoms with E-state index in [1.54, 1.807) is 30.5 Å². The largest absolute Gasteiger partial charge is 0.334 e. The minimum atomic E-state index is -0.293. The van der Waals surface area contributed by atoms with E-state index in [9.17, 15) is 9.59 Å². The molecule has 29 heavy (non-hydrogen) atoms. The Hall–Kier alpha value is -3.86. The van der Waals surface area contributed by atoms with Gasteiger partial charge in [0.2, 0.25) is 0 Å². The van der Waals surface area contributed by atoms with E-state index >= 15 is 0 Å². The van der Waals surface area contributed by atoms with Crippen molar-refractivity contribution in [3.05, 3.63) is 100 Å². The number of carbonyl (C=O) groups is 1. The van der Waals surface area contributed by atoms with Gasteiger partial charge in [0, 0.05) is 23.8 Å². The molecule has 0 saturated carbocycles. The molecule has 0 aliphatic carbocycles. The molecule has 4 rings (SSSR count). The van der Waals surface area contributed by atoms with Crippen LogP contribution in [-0.2, 0) is 6.54 Å². The number of aromatic nitrogens is 1. The summed E-state index contributed by atoms with van der Waals surface area (Å²) in [6, 6.07) is 23.1. The van der Waals surface area contributed by atoms with Crippen molar-refractivity contribution in [3.8, 4) is 11.1 Å². The van der Waals surface area contributed by atoms with Gasteiger partial charge >= 0.3 is 6.03 Å². The summed E-state index contributed by atoms with van der Waals surface area (Å²) in [6.07, 6.45) is 1.59. The maximum atomic E-state index is 12.3. The highest BCUT2D eigenvalue weighted by atomic mass is 16.2. The van der Waals surface area contributed by atoms with Crippen molar-refractivity contribution in [2.24, 2.45) is 0 Å². The third-order valence-corrected chi connectivity index (χ3v) is 4.86. The monoisotopic (exact) mass is 383 g/mol. The Kier molecular flexibility index (Phi) is 5.12. The van der Waals surface area contributed by atoms with Crippen LogP contribution in [0.5, 0.6) is 0 Å². The normalized spacial score (nSPS) is 10.7. The number of aromatic amines is 1. The number of benzene rings is 3. The number of carbonyl (C=O) groups excluding carboxylic acids is 1. The van der Waals surface area contributed by atoms with E-state index in [0.717, 1.165) is 16.5 Å². The molecular weight excluding hydrogens is 362 g/mol. The van der Waals surface area contributed by atoms with E-state index in [4.69, 9.17) is 0 Å². The lowest BCUT2D eigenvalue weighted by atomic mass is 9.98. The molecule has 144 valence electrons. The number of aryl methyl sites for hydroxylation is 1. The summed E-state index contributed by atoms with van der Waals surface area (Å²) in [5.41, 5.74) is 5.05. The maximum Gasteiger partial charge on any atom is 0.319 e. The van der Waals surface area contributed by atoms with Crippen LogP contribution in [0, 0.1) is 6.92 Å². The number of pyridine rings is 1. The first-order valence-corrected chi connectivity index (χ1v) is 9.41. The third kappa shape index (κ3) is 4.19. The van der Waals surface area contributed by atoms with Gasteiger partial charge in [0.1, 0.15) is 0 Å². The van der Waals surface area contributed by atoms with Crippen LogP contribution < -0.4 is 16.2 Å². The predicted molar refractivity (Wildman–Crippen MR) is 117 cm³/mol. The molecule has 0 fully saturated rings. The fraction of sp³-hybridized carbons (Fsp3) is 0.0833. The number of urea groups is 1. The summed E-state index contributed by atoms with van der Waals surface area (Å²) in [4.78, 5) is 26.7. The van der Waals surface area contributed by atoms with E-state index < -0.39 is 0 Å². The quantitative estimate of drug-likeness (QED) is 0.472. The molecule has 0 aliphatic heterocycles. The molecule has 4 aromatic rings. The standard InChI is InChI=1S/C24H21N3O2/c1-16-13-17(7-9-21(16)18-5-3-2-4-6-18)15-26-24(29)27-20-8-10-22-19(14-20)11-12-25-23(22)28/h2-14H,15H2,1H3,(H,25,28)(H2,26,27,29). The van der Waals surface area contributed by atoms with Crippen LogP contribution in [0.2, 0.25) is 0 Å². The van der Waals surface area contributed by atoms with Crippen LogP contribution in [0.1, 0.15) is 11.1 Å². The number of H-pyrrole nitrogens is 1. The SMILES string of the molecule is Cc1cc(CNC(=O)Nc2ccc3c(=O)[nH]ccc3c2)ccc1-c1ccccc1. The van der Waals surface area contributed by atoms with Crippen molar-refractivity contribution < 1.29 is 4.79 Å². The molecule has 2 amide bonds. The fourth-order valence-electron chi connectivity index (χ4n) is 3.41. The number of amides is 2. The molecular formula is C24H21N3O2. The lowest BCUT2D eigenvalue weighted by Gasteiger charge is -2.11. The highest BCUT2D eigenvalue weighted by Gasteiger charge is 2.06. The van der Waals surface area contributed by atoms with Gasteiger partial charge in [-0.1, -0.05) is 48.5 Å². The topological polar surface area (TPSA) is 74.0 Å². The molecule has 0 bridgehead atoms. The maximum absolute atomic E-state index is 12.3. The molecule has 0 aliphatic rings. The summed E-state index contributed by atoms with van der Waals surface area (Å²) < 4.78 is 0. The molecule has 0 unspecified atom stereocenters. The molecule has 0 atom stereocenters. The van der Waals surface area contributed by atoms with Gasteiger partial charge in [-0.3, -0.25) is 4.79 Å². The summed E-state index contributed by atoms with van der Waals surface area (Å²) in [6.45, 7) is 2.50. The van der Waals surface area contributed by atoms with Gasteiger partial charge in [0.05, 0.1) is 0 Å². The van der Waals surface area contributed by atoms with Crippen molar-refractivity contribution in [1.82, 2.24) is 10.3 Å². The fourth-order valence-corrected chi connectivity index (χ4v) is 3.41. The van der Waals surface area contributed by atoms with Crippen LogP contribution in [0.4, 0.5) is 10.5 Å². The number of hydrogen-bond donors (Lipinski definition) is 3. The van der Waals surface area contributed by atoms with Gasteiger partial charge in [0.25, 0.3) is 5.56 Å². The van der Waals surface area contributed by atoms with Crippen LogP contribution in [-0.4, -0.2) is 11.0 Å². The summed E-state index contributed by atoms with van der Waals surface area (Å²) in [5.74, 6) is 0. The van der Waals surface area contributed by atoms with Gasteiger partial charge in [-0.05, 0) is 58.8 Å². The first-order chi connectivity index (χ1) is 14.1. The summed E-state index contributed by atoms with van der Waals surface area (Å²) in [7, 11) is 0. The van der Waals surface area contributed by atoms with Gasteiger partial charge in [-0.25, -0.2) is 4.79 Å². The van der Waals surface area contributed by atoms with E-state index in [1.165, 1.54) is 11.1 Å². The Balaban J connectivity index is 1.41. The van der Waals surface area contributed by atoms with E-state index in [0.29, 0.717) is 17.6 Å². The van der Waals surface area contributed by atoms with Crippen LogP contribution >= 0.6 is 0 Å². The highest BCUT2D eigenvalue weighted by Crippen LogP contribution is 2.24. The number of fused-ring (bicyclic) bond motifs is 1. The molecule has 0 radical (unpaired) electrons. The van der Waals surface area contributed by atoms with Crippen LogP contribution in [0.25, 0.3) is 21.9 Å². The van der Waals surface area contributed by atoms with E-state index in [1.807, 2.05) is 24.3 Å². The predicted octanol–water partition coefficient (Wildman–Crippen LogP) is 4.83. The van der Waals surface area contributed by atoms with Crippen LogP contribution in [0.15, 0.2) is 83.8 Å².